The number of rotatable bonds is 5. The van der Waals surface area contributed by atoms with Crippen molar-refractivity contribution in [3.8, 4) is 0 Å². The molecule has 1 aromatic carbocycles. The summed E-state index contributed by atoms with van der Waals surface area (Å²) in [6.45, 7) is 3.81. The van der Waals surface area contributed by atoms with Crippen LogP contribution in [-0.4, -0.2) is 57.3 Å². The highest BCUT2D eigenvalue weighted by Gasteiger charge is 2.33. The summed E-state index contributed by atoms with van der Waals surface area (Å²) in [6.07, 6.45) is 7.34. The third-order valence-electron chi connectivity index (χ3n) is 6.53. The Labute approximate surface area is 171 Å². The lowest BCUT2D eigenvalue weighted by atomic mass is 9.90. The standard InChI is InChI=1S/C23H28N4O2/c28-22(25-10-8-18(9-11-25)14-17-4-2-1-3-5-17)20-16-26-12-13-27(15-19-6-7-19)23(29)21(26)24-20/h1-5,16,18-19H,6-15H2. The summed E-state index contributed by atoms with van der Waals surface area (Å²) < 4.78 is 1.86. The molecule has 2 amide bonds. The van der Waals surface area contributed by atoms with Crippen molar-refractivity contribution in [3.63, 3.8) is 0 Å². The molecule has 6 nitrogen and oxygen atoms in total. The van der Waals surface area contributed by atoms with Gasteiger partial charge in [-0.1, -0.05) is 30.3 Å². The van der Waals surface area contributed by atoms with Gasteiger partial charge in [0.25, 0.3) is 11.8 Å². The second-order valence-corrected chi connectivity index (χ2v) is 8.76. The first-order valence-electron chi connectivity index (χ1n) is 10.9. The molecule has 1 saturated heterocycles. The van der Waals surface area contributed by atoms with Gasteiger partial charge in [-0.05, 0) is 49.5 Å². The van der Waals surface area contributed by atoms with Gasteiger partial charge in [-0.2, -0.15) is 0 Å². The largest absolute Gasteiger partial charge is 0.337 e. The molecule has 2 fully saturated rings. The van der Waals surface area contributed by atoms with E-state index in [4.69, 9.17) is 0 Å². The maximum atomic E-state index is 13.0. The third kappa shape index (κ3) is 3.93. The molecule has 1 aliphatic carbocycles. The minimum Gasteiger partial charge on any atom is -0.337 e. The summed E-state index contributed by atoms with van der Waals surface area (Å²) in [6, 6.07) is 10.6. The molecule has 5 rings (SSSR count). The minimum absolute atomic E-state index is 0.0243. The summed E-state index contributed by atoms with van der Waals surface area (Å²) in [4.78, 5) is 34.0. The Morgan fingerprint density at radius 2 is 1.72 bits per heavy atom. The maximum Gasteiger partial charge on any atom is 0.289 e. The van der Waals surface area contributed by atoms with Crippen LogP contribution < -0.4 is 0 Å². The van der Waals surface area contributed by atoms with Gasteiger partial charge < -0.3 is 14.4 Å². The number of aromatic nitrogens is 2. The Bertz CT molecular complexity index is 895. The normalized spacial score (nSPS) is 20.1. The molecule has 0 radical (unpaired) electrons. The number of benzene rings is 1. The predicted octanol–water partition coefficient (Wildman–Crippen LogP) is 2.84. The fourth-order valence-corrected chi connectivity index (χ4v) is 4.57. The molecule has 0 N–H and O–H groups in total. The lowest BCUT2D eigenvalue weighted by Gasteiger charge is -2.31. The first-order valence-corrected chi connectivity index (χ1v) is 10.9. The van der Waals surface area contributed by atoms with Crippen molar-refractivity contribution < 1.29 is 9.59 Å². The van der Waals surface area contributed by atoms with Crippen LogP contribution in [-0.2, 0) is 13.0 Å². The Balaban J connectivity index is 1.20. The zero-order valence-electron chi connectivity index (χ0n) is 16.8. The fourth-order valence-electron chi connectivity index (χ4n) is 4.57. The van der Waals surface area contributed by atoms with Gasteiger partial charge in [0.15, 0.2) is 5.82 Å². The zero-order chi connectivity index (χ0) is 19.8. The summed E-state index contributed by atoms with van der Waals surface area (Å²) in [5.41, 5.74) is 1.79. The van der Waals surface area contributed by atoms with E-state index in [1.807, 2.05) is 20.4 Å². The summed E-state index contributed by atoms with van der Waals surface area (Å²) in [5, 5.41) is 0. The monoisotopic (exact) mass is 392 g/mol. The van der Waals surface area contributed by atoms with E-state index in [0.717, 1.165) is 52.0 Å². The smallest absolute Gasteiger partial charge is 0.289 e. The number of fused-ring (bicyclic) bond motifs is 1. The Morgan fingerprint density at radius 1 is 0.966 bits per heavy atom. The fraction of sp³-hybridized carbons (Fsp3) is 0.522. The molecule has 2 aromatic rings. The average molecular weight is 393 g/mol. The van der Waals surface area contributed by atoms with Gasteiger partial charge in [0.05, 0.1) is 0 Å². The Morgan fingerprint density at radius 3 is 2.45 bits per heavy atom. The molecule has 0 spiro atoms. The van der Waals surface area contributed by atoms with E-state index >= 15 is 0 Å². The van der Waals surface area contributed by atoms with Crippen LogP contribution in [0.2, 0.25) is 0 Å². The Hall–Kier alpha value is -2.63. The second-order valence-electron chi connectivity index (χ2n) is 8.76. The highest BCUT2D eigenvalue weighted by molar-refractivity contribution is 5.96. The number of likely N-dealkylation sites (tertiary alicyclic amines) is 1. The van der Waals surface area contributed by atoms with E-state index in [2.05, 4.69) is 29.2 Å². The van der Waals surface area contributed by atoms with Crippen molar-refractivity contribution in [3.05, 3.63) is 53.6 Å². The molecule has 3 aliphatic rings. The van der Waals surface area contributed by atoms with E-state index in [-0.39, 0.29) is 11.8 Å². The van der Waals surface area contributed by atoms with E-state index in [1.165, 1.54) is 18.4 Å². The van der Waals surface area contributed by atoms with Gasteiger partial charge in [-0.3, -0.25) is 9.59 Å². The van der Waals surface area contributed by atoms with Crippen LogP contribution in [0.15, 0.2) is 36.5 Å². The highest BCUT2D eigenvalue weighted by atomic mass is 16.2. The van der Waals surface area contributed by atoms with Crippen LogP contribution in [0.3, 0.4) is 0 Å². The molecule has 0 bridgehead atoms. The van der Waals surface area contributed by atoms with Crippen molar-refractivity contribution in [2.45, 2.75) is 38.6 Å². The number of hydrogen-bond acceptors (Lipinski definition) is 3. The van der Waals surface area contributed by atoms with Gasteiger partial charge in [-0.15, -0.1) is 0 Å². The van der Waals surface area contributed by atoms with Crippen LogP contribution in [0.25, 0.3) is 0 Å². The maximum absolute atomic E-state index is 13.0. The Kier molecular flexibility index (Phi) is 4.86. The van der Waals surface area contributed by atoms with E-state index in [9.17, 15) is 9.59 Å². The summed E-state index contributed by atoms with van der Waals surface area (Å²) >= 11 is 0. The van der Waals surface area contributed by atoms with Crippen molar-refractivity contribution in [2.24, 2.45) is 11.8 Å². The first kappa shape index (κ1) is 18.4. The number of carbonyl (C=O) groups is 2. The van der Waals surface area contributed by atoms with E-state index in [1.54, 1.807) is 6.20 Å². The van der Waals surface area contributed by atoms with Gasteiger partial charge in [-0.25, -0.2) is 4.98 Å². The van der Waals surface area contributed by atoms with Crippen LogP contribution >= 0.6 is 0 Å². The highest BCUT2D eigenvalue weighted by Crippen LogP contribution is 2.31. The van der Waals surface area contributed by atoms with E-state index < -0.39 is 0 Å². The third-order valence-corrected chi connectivity index (χ3v) is 6.53. The molecule has 152 valence electrons. The summed E-state index contributed by atoms with van der Waals surface area (Å²) in [5.74, 6) is 1.66. The number of hydrogen-bond donors (Lipinski definition) is 0. The number of amides is 2. The first-order chi connectivity index (χ1) is 14.2. The molecule has 1 saturated carbocycles. The number of piperidine rings is 1. The van der Waals surface area contributed by atoms with Crippen molar-refractivity contribution in [1.29, 1.82) is 0 Å². The van der Waals surface area contributed by atoms with Crippen LogP contribution in [0, 0.1) is 11.8 Å². The van der Waals surface area contributed by atoms with Crippen molar-refractivity contribution in [2.75, 3.05) is 26.2 Å². The minimum atomic E-state index is -0.0356. The molecule has 1 aromatic heterocycles. The number of carbonyl (C=O) groups excluding carboxylic acids is 2. The van der Waals surface area contributed by atoms with Gasteiger partial charge in [0, 0.05) is 38.9 Å². The lowest BCUT2D eigenvalue weighted by Crippen LogP contribution is -2.41. The number of imidazole rings is 1. The molecular weight excluding hydrogens is 364 g/mol. The number of nitrogens with zero attached hydrogens (tertiary/aromatic N) is 4. The molecule has 2 aliphatic heterocycles. The van der Waals surface area contributed by atoms with Crippen LogP contribution in [0.4, 0.5) is 0 Å². The molecule has 0 atom stereocenters. The lowest BCUT2D eigenvalue weighted by molar-refractivity contribution is 0.0685. The van der Waals surface area contributed by atoms with Crippen molar-refractivity contribution >= 4 is 11.8 Å². The zero-order valence-corrected chi connectivity index (χ0v) is 16.8. The van der Waals surface area contributed by atoms with Gasteiger partial charge >= 0.3 is 0 Å². The molecule has 0 unspecified atom stereocenters. The van der Waals surface area contributed by atoms with Gasteiger partial charge in [0.2, 0.25) is 0 Å². The van der Waals surface area contributed by atoms with Crippen molar-refractivity contribution in [1.82, 2.24) is 19.4 Å². The molecule has 29 heavy (non-hydrogen) atoms. The molecular formula is C23H28N4O2. The molecule has 6 heteroatoms. The molecule has 3 heterocycles. The van der Waals surface area contributed by atoms with Crippen LogP contribution in [0.5, 0.6) is 0 Å². The second kappa shape index (κ2) is 7.65. The van der Waals surface area contributed by atoms with Crippen LogP contribution in [0.1, 0.15) is 52.4 Å². The quantitative estimate of drug-likeness (QED) is 0.786. The van der Waals surface area contributed by atoms with E-state index in [0.29, 0.717) is 23.4 Å². The average Bonchev–Trinajstić information content (AvgIpc) is 3.46. The topological polar surface area (TPSA) is 58.4 Å². The predicted molar refractivity (Wildman–Crippen MR) is 110 cm³/mol. The summed E-state index contributed by atoms with van der Waals surface area (Å²) in [7, 11) is 0. The van der Waals surface area contributed by atoms with Gasteiger partial charge in [0.1, 0.15) is 5.69 Å². The SMILES string of the molecule is O=C(c1cn2c(n1)C(=O)N(CC1CC1)CC2)N1CCC(Cc2ccccc2)CC1.